The Morgan fingerprint density at radius 1 is 1.04 bits per heavy atom. The van der Waals surface area contributed by atoms with E-state index in [9.17, 15) is 4.79 Å². The molecule has 2 aromatic carbocycles. The van der Waals surface area contributed by atoms with E-state index in [1.54, 1.807) is 23.2 Å². The molecule has 0 N–H and O–H groups in total. The van der Waals surface area contributed by atoms with Crippen LogP contribution in [0.1, 0.15) is 32.8 Å². The number of aromatic nitrogens is 3. The molecule has 1 amide bonds. The monoisotopic (exact) mass is 702 g/mol. The van der Waals surface area contributed by atoms with E-state index in [0.717, 1.165) is 65.6 Å². The van der Waals surface area contributed by atoms with Gasteiger partial charge >= 0.3 is 6.09 Å². The molecule has 10 nitrogen and oxygen atoms in total. The molecular formula is C38H51FN6O4Si. The number of benzene rings is 2. The minimum absolute atomic E-state index is 0.273. The van der Waals surface area contributed by atoms with Crippen molar-refractivity contribution < 1.29 is 23.4 Å². The molecule has 2 aliphatic rings. The van der Waals surface area contributed by atoms with Crippen molar-refractivity contribution in [3.8, 4) is 28.3 Å². The summed E-state index contributed by atoms with van der Waals surface area (Å²) in [4.78, 5) is 24.9. The Balaban J connectivity index is 1.50. The summed E-state index contributed by atoms with van der Waals surface area (Å²) in [7, 11) is 0.865. The second-order valence-corrected chi connectivity index (χ2v) is 21.3. The minimum Gasteiger partial charge on any atom is -0.493 e. The Kier molecular flexibility index (Phi) is 10.5. The van der Waals surface area contributed by atoms with E-state index >= 15 is 4.39 Å². The van der Waals surface area contributed by atoms with Gasteiger partial charge in [-0.2, -0.15) is 5.10 Å². The number of amides is 1. The molecule has 1 fully saturated rings. The third-order valence-electron chi connectivity index (χ3n) is 9.12. The van der Waals surface area contributed by atoms with Crippen molar-refractivity contribution in [3.63, 3.8) is 0 Å². The Bertz CT molecular complexity index is 1830. The van der Waals surface area contributed by atoms with Crippen LogP contribution in [-0.4, -0.2) is 97.3 Å². The van der Waals surface area contributed by atoms with Gasteiger partial charge < -0.3 is 28.9 Å². The molecule has 0 unspecified atom stereocenters. The summed E-state index contributed by atoms with van der Waals surface area (Å²) in [6, 6.07) is 14.2. The van der Waals surface area contributed by atoms with Crippen molar-refractivity contribution in [3.05, 3.63) is 60.0 Å². The number of carbonyl (C=O) groups excluding carboxylic acids is 1. The van der Waals surface area contributed by atoms with Gasteiger partial charge in [-0.25, -0.2) is 13.9 Å². The van der Waals surface area contributed by atoms with Crippen molar-refractivity contribution in [1.29, 1.82) is 0 Å². The number of likely N-dealkylation sites (N-methyl/N-ethyl adjacent to an activating group) is 1. The molecule has 0 atom stereocenters. The second kappa shape index (κ2) is 14.7. The van der Waals surface area contributed by atoms with Crippen molar-refractivity contribution >= 4 is 30.8 Å². The van der Waals surface area contributed by atoms with Gasteiger partial charge in [0.2, 0.25) is 0 Å². The van der Waals surface area contributed by atoms with Crippen molar-refractivity contribution in [1.82, 2.24) is 24.6 Å². The molecule has 268 valence electrons. The number of fused-ring (bicyclic) bond motifs is 6. The van der Waals surface area contributed by atoms with Crippen LogP contribution in [0.25, 0.3) is 33.4 Å². The molecule has 1 saturated heterocycles. The van der Waals surface area contributed by atoms with E-state index in [4.69, 9.17) is 24.3 Å². The molecule has 50 heavy (non-hydrogen) atoms. The van der Waals surface area contributed by atoms with Crippen LogP contribution in [0.4, 0.5) is 14.9 Å². The van der Waals surface area contributed by atoms with E-state index in [0.29, 0.717) is 43.1 Å². The van der Waals surface area contributed by atoms with Crippen LogP contribution in [0.2, 0.25) is 25.7 Å². The standard InChI is InChI=1S/C38H51FN6O4Si/c1-38(2,3)49-37(46)44-14-9-19-48-34-11-8-10-30(39)35(34)31-23-29-33(24-40-31)45(26-47-20-21-50(5,6)7)41-36(29)27-12-13-32(28(22-27)25-44)43-17-15-42(4)16-18-43/h8,10-13,22-24H,9,14-21,25-26H2,1-7H3. The maximum Gasteiger partial charge on any atom is 0.410 e. The van der Waals surface area contributed by atoms with Gasteiger partial charge in [0.1, 0.15) is 29.6 Å². The lowest BCUT2D eigenvalue weighted by Crippen LogP contribution is -2.45. The van der Waals surface area contributed by atoms with Gasteiger partial charge in [0.05, 0.1) is 36.1 Å². The molecule has 4 heterocycles. The number of hydrogen-bond acceptors (Lipinski definition) is 8. The zero-order valence-electron chi connectivity index (χ0n) is 30.6. The number of rotatable bonds is 6. The number of piperazine rings is 1. The van der Waals surface area contributed by atoms with Crippen molar-refractivity contribution in [2.75, 3.05) is 57.9 Å². The summed E-state index contributed by atoms with van der Waals surface area (Å²) in [6.45, 7) is 18.2. The minimum atomic E-state index is -1.28. The molecule has 0 spiro atoms. The highest BCUT2D eigenvalue weighted by Gasteiger charge is 2.27. The largest absolute Gasteiger partial charge is 0.493 e. The molecule has 12 heteroatoms. The Labute approximate surface area is 296 Å². The molecule has 2 aromatic heterocycles. The fraction of sp³-hybridized carbons (Fsp3) is 0.500. The van der Waals surface area contributed by atoms with Crippen LogP contribution in [0.5, 0.6) is 5.75 Å². The SMILES string of the molecule is CN1CCN(c2ccc3cc2CN(C(=O)OC(C)(C)C)CCCOc2cccc(F)c2-c2cc4c-3nn(COCC[Si](C)(C)C)c4cn2)CC1. The smallest absolute Gasteiger partial charge is 0.410 e. The average molecular weight is 703 g/mol. The summed E-state index contributed by atoms with van der Waals surface area (Å²) in [5.41, 5.74) is 4.62. The van der Waals surface area contributed by atoms with Crippen LogP contribution < -0.4 is 9.64 Å². The van der Waals surface area contributed by atoms with E-state index < -0.39 is 19.5 Å². The number of hydrogen-bond donors (Lipinski definition) is 0. The Hall–Kier alpha value is -4.00. The first-order valence-corrected chi connectivity index (χ1v) is 21.4. The van der Waals surface area contributed by atoms with Gasteiger partial charge in [-0.1, -0.05) is 31.8 Å². The van der Waals surface area contributed by atoms with Crippen LogP contribution in [0.3, 0.4) is 0 Å². The molecule has 0 radical (unpaired) electrons. The second-order valence-electron chi connectivity index (χ2n) is 15.6. The summed E-state index contributed by atoms with van der Waals surface area (Å²) < 4.78 is 35.7. The predicted octanol–water partition coefficient (Wildman–Crippen LogP) is 7.49. The number of ether oxygens (including phenoxy) is 3. The Morgan fingerprint density at radius 3 is 2.56 bits per heavy atom. The first-order valence-electron chi connectivity index (χ1n) is 17.7. The van der Waals surface area contributed by atoms with Crippen LogP contribution in [0, 0.1) is 5.82 Å². The third-order valence-corrected chi connectivity index (χ3v) is 10.8. The van der Waals surface area contributed by atoms with Gasteiger partial charge in [-0.15, -0.1) is 0 Å². The van der Waals surface area contributed by atoms with Gasteiger partial charge in [0.15, 0.2) is 0 Å². The number of carbonyl (C=O) groups is 1. The quantitative estimate of drug-likeness (QED) is 0.151. The van der Waals surface area contributed by atoms with Crippen LogP contribution in [-0.2, 0) is 22.7 Å². The fourth-order valence-electron chi connectivity index (χ4n) is 6.34. The first kappa shape index (κ1) is 35.8. The Morgan fingerprint density at radius 2 is 1.82 bits per heavy atom. The zero-order chi connectivity index (χ0) is 35.6. The number of pyridine rings is 1. The van der Waals surface area contributed by atoms with Gasteiger partial charge in [-0.05, 0) is 76.2 Å². The normalized spacial score (nSPS) is 16.2. The average Bonchev–Trinajstić information content (AvgIpc) is 3.41. The van der Waals surface area contributed by atoms with Crippen LogP contribution in [0.15, 0.2) is 48.7 Å². The topological polar surface area (TPSA) is 85.2 Å². The number of nitrogens with zero attached hydrogens (tertiary/aromatic N) is 6. The molecule has 4 bridgehead atoms. The summed E-state index contributed by atoms with van der Waals surface area (Å²) in [5, 5.41) is 5.92. The fourth-order valence-corrected chi connectivity index (χ4v) is 7.10. The number of halogens is 1. The lowest BCUT2D eigenvalue weighted by Gasteiger charge is -2.36. The lowest BCUT2D eigenvalue weighted by atomic mass is 10.0. The van der Waals surface area contributed by atoms with E-state index in [2.05, 4.69) is 54.7 Å². The lowest BCUT2D eigenvalue weighted by molar-refractivity contribution is 0.0225. The summed E-state index contributed by atoms with van der Waals surface area (Å²) >= 11 is 0. The zero-order valence-corrected chi connectivity index (χ0v) is 31.6. The van der Waals surface area contributed by atoms with Crippen molar-refractivity contribution in [2.24, 2.45) is 0 Å². The predicted molar refractivity (Wildman–Crippen MR) is 199 cm³/mol. The molecule has 2 aliphatic heterocycles. The van der Waals surface area contributed by atoms with Crippen molar-refractivity contribution in [2.45, 2.75) is 71.8 Å². The summed E-state index contributed by atoms with van der Waals surface area (Å²) in [5.74, 6) is -0.0198. The highest BCUT2D eigenvalue weighted by Crippen LogP contribution is 2.38. The first-order chi connectivity index (χ1) is 23.8. The molecule has 4 aromatic rings. The van der Waals surface area contributed by atoms with E-state index in [1.165, 1.54) is 6.07 Å². The highest BCUT2D eigenvalue weighted by molar-refractivity contribution is 6.76. The van der Waals surface area contributed by atoms with Crippen LogP contribution >= 0.6 is 0 Å². The molecular weight excluding hydrogens is 652 g/mol. The highest BCUT2D eigenvalue weighted by atomic mass is 28.3. The maximum absolute atomic E-state index is 15.6. The third kappa shape index (κ3) is 8.47. The van der Waals surface area contributed by atoms with E-state index in [1.807, 2.05) is 31.5 Å². The van der Waals surface area contributed by atoms with Gasteiger partial charge in [-0.3, -0.25) is 4.98 Å². The number of anilines is 1. The van der Waals surface area contributed by atoms with E-state index in [-0.39, 0.29) is 19.4 Å². The van der Waals surface area contributed by atoms with Gasteiger partial charge in [0, 0.05) is 64.0 Å². The molecule has 0 saturated carbocycles. The molecule has 0 aliphatic carbocycles. The van der Waals surface area contributed by atoms with Gasteiger partial charge in [0.25, 0.3) is 0 Å². The summed E-state index contributed by atoms with van der Waals surface area (Å²) in [6.07, 6.45) is 1.89. The maximum atomic E-state index is 15.6. The molecule has 6 rings (SSSR count).